The summed E-state index contributed by atoms with van der Waals surface area (Å²) in [5, 5.41) is 7.65. The van der Waals surface area contributed by atoms with E-state index in [1.807, 2.05) is 24.3 Å². The van der Waals surface area contributed by atoms with Crippen molar-refractivity contribution >= 4 is 29.7 Å². The predicted octanol–water partition coefficient (Wildman–Crippen LogP) is 2.93. The Balaban J connectivity index is 0.00000112. The Kier molecular flexibility index (Phi) is 5.23. The van der Waals surface area contributed by atoms with Crippen LogP contribution in [0.15, 0.2) is 24.3 Å². The number of piperidine rings is 1. The average molecular weight is 247 g/mol. The van der Waals surface area contributed by atoms with Crippen LogP contribution in [0.5, 0.6) is 0 Å². The van der Waals surface area contributed by atoms with Crippen LogP contribution in [0.2, 0.25) is 5.02 Å². The maximum atomic E-state index is 5.82. The van der Waals surface area contributed by atoms with E-state index in [1.165, 1.54) is 18.5 Å². The maximum Gasteiger partial charge on any atom is 0.0407 e. The quantitative estimate of drug-likeness (QED) is 0.839. The summed E-state index contributed by atoms with van der Waals surface area (Å²) in [6.45, 7) is 2.23. The lowest BCUT2D eigenvalue weighted by Gasteiger charge is -2.24. The number of benzene rings is 1. The van der Waals surface area contributed by atoms with Gasteiger partial charge in [0.15, 0.2) is 0 Å². The third-order valence-electron chi connectivity index (χ3n) is 2.55. The maximum absolute atomic E-state index is 5.82. The molecular formula is C11H16Cl2N2. The van der Waals surface area contributed by atoms with Gasteiger partial charge in [-0.1, -0.05) is 11.6 Å². The second kappa shape index (κ2) is 6.21. The molecule has 0 aliphatic carbocycles. The van der Waals surface area contributed by atoms with Crippen molar-refractivity contribution in [1.29, 1.82) is 0 Å². The number of anilines is 1. The first-order valence-electron chi connectivity index (χ1n) is 5.07. The highest BCUT2D eigenvalue weighted by Gasteiger charge is 2.11. The van der Waals surface area contributed by atoms with E-state index in [0.29, 0.717) is 6.04 Å². The Morgan fingerprint density at radius 2 is 1.73 bits per heavy atom. The zero-order chi connectivity index (χ0) is 9.80. The van der Waals surface area contributed by atoms with Gasteiger partial charge < -0.3 is 10.6 Å². The zero-order valence-corrected chi connectivity index (χ0v) is 10.1. The molecule has 0 atom stereocenters. The van der Waals surface area contributed by atoms with Gasteiger partial charge in [0, 0.05) is 16.8 Å². The Morgan fingerprint density at radius 1 is 1.13 bits per heavy atom. The number of nitrogens with one attached hydrogen (secondary N) is 2. The molecule has 15 heavy (non-hydrogen) atoms. The summed E-state index contributed by atoms with van der Waals surface area (Å²) >= 11 is 5.82. The summed E-state index contributed by atoms with van der Waals surface area (Å²) in [7, 11) is 0. The molecule has 84 valence electrons. The van der Waals surface area contributed by atoms with Crippen molar-refractivity contribution < 1.29 is 0 Å². The molecule has 0 aromatic heterocycles. The van der Waals surface area contributed by atoms with Gasteiger partial charge >= 0.3 is 0 Å². The van der Waals surface area contributed by atoms with Crippen LogP contribution < -0.4 is 10.6 Å². The second-order valence-corrected chi connectivity index (χ2v) is 4.11. The molecular weight excluding hydrogens is 231 g/mol. The molecule has 1 fully saturated rings. The third kappa shape index (κ3) is 3.90. The van der Waals surface area contributed by atoms with Gasteiger partial charge in [0.2, 0.25) is 0 Å². The minimum atomic E-state index is 0. The van der Waals surface area contributed by atoms with E-state index in [0.717, 1.165) is 18.1 Å². The lowest BCUT2D eigenvalue weighted by Crippen LogP contribution is -2.35. The molecule has 0 spiro atoms. The number of rotatable bonds is 2. The van der Waals surface area contributed by atoms with Crippen molar-refractivity contribution in [1.82, 2.24) is 5.32 Å². The molecule has 1 heterocycles. The van der Waals surface area contributed by atoms with E-state index in [-0.39, 0.29) is 12.4 Å². The van der Waals surface area contributed by atoms with E-state index >= 15 is 0 Å². The summed E-state index contributed by atoms with van der Waals surface area (Å²) in [6.07, 6.45) is 2.39. The van der Waals surface area contributed by atoms with Crippen LogP contribution in [0.4, 0.5) is 5.69 Å². The fraction of sp³-hybridized carbons (Fsp3) is 0.455. The summed E-state index contributed by atoms with van der Waals surface area (Å²) < 4.78 is 0. The highest BCUT2D eigenvalue weighted by atomic mass is 35.5. The summed E-state index contributed by atoms with van der Waals surface area (Å²) in [4.78, 5) is 0. The minimum Gasteiger partial charge on any atom is -0.382 e. The van der Waals surface area contributed by atoms with Gasteiger partial charge in [-0.25, -0.2) is 0 Å². The minimum absolute atomic E-state index is 0. The molecule has 2 N–H and O–H groups in total. The molecule has 1 aliphatic heterocycles. The van der Waals surface area contributed by atoms with Crippen LogP contribution in [0.25, 0.3) is 0 Å². The Labute approximate surface area is 102 Å². The summed E-state index contributed by atoms with van der Waals surface area (Å²) in [6, 6.07) is 8.52. The van der Waals surface area contributed by atoms with E-state index in [9.17, 15) is 0 Å². The van der Waals surface area contributed by atoms with Crippen LogP contribution >= 0.6 is 24.0 Å². The molecule has 0 radical (unpaired) electrons. The second-order valence-electron chi connectivity index (χ2n) is 3.68. The number of hydrogen-bond acceptors (Lipinski definition) is 2. The van der Waals surface area contributed by atoms with Crippen LogP contribution in [0, 0.1) is 0 Å². The topological polar surface area (TPSA) is 24.1 Å². The Bertz CT molecular complexity index is 281. The molecule has 0 unspecified atom stereocenters. The van der Waals surface area contributed by atoms with E-state index in [1.54, 1.807) is 0 Å². The van der Waals surface area contributed by atoms with Crippen molar-refractivity contribution in [2.45, 2.75) is 18.9 Å². The van der Waals surface area contributed by atoms with Crippen molar-refractivity contribution in [3.8, 4) is 0 Å². The highest BCUT2D eigenvalue weighted by Crippen LogP contribution is 2.16. The van der Waals surface area contributed by atoms with Crippen molar-refractivity contribution in [2.75, 3.05) is 18.4 Å². The normalized spacial score (nSPS) is 16.9. The van der Waals surface area contributed by atoms with Gasteiger partial charge in [0.1, 0.15) is 0 Å². The average Bonchev–Trinajstić information content (AvgIpc) is 2.23. The zero-order valence-electron chi connectivity index (χ0n) is 8.50. The van der Waals surface area contributed by atoms with Gasteiger partial charge in [0.25, 0.3) is 0 Å². The molecule has 2 nitrogen and oxygen atoms in total. The van der Waals surface area contributed by atoms with Crippen LogP contribution in [-0.2, 0) is 0 Å². The van der Waals surface area contributed by atoms with Gasteiger partial charge in [-0.15, -0.1) is 12.4 Å². The monoisotopic (exact) mass is 246 g/mol. The molecule has 4 heteroatoms. The fourth-order valence-electron chi connectivity index (χ4n) is 1.75. The first-order chi connectivity index (χ1) is 6.84. The molecule has 0 bridgehead atoms. The number of hydrogen-bond donors (Lipinski definition) is 2. The van der Waals surface area contributed by atoms with Crippen molar-refractivity contribution in [2.24, 2.45) is 0 Å². The Hall–Kier alpha value is -0.440. The predicted molar refractivity (Wildman–Crippen MR) is 68.2 cm³/mol. The first kappa shape index (κ1) is 12.6. The molecule has 1 aliphatic rings. The van der Waals surface area contributed by atoms with Crippen molar-refractivity contribution in [3.05, 3.63) is 29.3 Å². The van der Waals surface area contributed by atoms with E-state index < -0.39 is 0 Å². The lowest BCUT2D eigenvalue weighted by atomic mass is 10.1. The van der Waals surface area contributed by atoms with Crippen LogP contribution in [-0.4, -0.2) is 19.1 Å². The fourth-order valence-corrected chi connectivity index (χ4v) is 1.87. The van der Waals surface area contributed by atoms with Crippen LogP contribution in [0.1, 0.15) is 12.8 Å². The summed E-state index contributed by atoms with van der Waals surface area (Å²) in [5.74, 6) is 0. The van der Waals surface area contributed by atoms with Gasteiger partial charge in [-0.05, 0) is 50.2 Å². The highest BCUT2D eigenvalue weighted by molar-refractivity contribution is 6.30. The number of halogens is 2. The molecule has 0 saturated carbocycles. The van der Waals surface area contributed by atoms with Gasteiger partial charge in [-0.2, -0.15) is 0 Å². The molecule has 0 amide bonds. The SMILES string of the molecule is Cl.Clc1ccc(NC2CCNCC2)cc1. The standard InChI is InChI=1S/C11H15ClN2.ClH/c12-9-1-3-10(4-2-9)14-11-5-7-13-8-6-11;/h1-4,11,13-14H,5-8H2;1H. The van der Waals surface area contributed by atoms with E-state index in [2.05, 4.69) is 10.6 Å². The van der Waals surface area contributed by atoms with Gasteiger partial charge in [0.05, 0.1) is 0 Å². The Morgan fingerprint density at radius 3 is 2.33 bits per heavy atom. The first-order valence-corrected chi connectivity index (χ1v) is 5.45. The summed E-state index contributed by atoms with van der Waals surface area (Å²) in [5.41, 5.74) is 1.17. The van der Waals surface area contributed by atoms with Crippen LogP contribution in [0.3, 0.4) is 0 Å². The smallest absolute Gasteiger partial charge is 0.0407 e. The molecule has 2 rings (SSSR count). The largest absolute Gasteiger partial charge is 0.382 e. The lowest BCUT2D eigenvalue weighted by molar-refractivity contribution is 0.479. The van der Waals surface area contributed by atoms with Crippen molar-refractivity contribution in [3.63, 3.8) is 0 Å². The molecule has 1 saturated heterocycles. The van der Waals surface area contributed by atoms with E-state index in [4.69, 9.17) is 11.6 Å². The molecule has 1 aromatic rings. The molecule has 1 aromatic carbocycles. The third-order valence-corrected chi connectivity index (χ3v) is 2.81. The van der Waals surface area contributed by atoms with Gasteiger partial charge in [-0.3, -0.25) is 0 Å².